The number of fused-ring (bicyclic) bond motifs is 1. The SMILES string of the molecule is Cc1cc(C)n2nc(C(=O)N(C)CCC(N)C(C)C)nc2n1.Cl.Cl. The van der Waals surface area contributed by atoms with Crippen molar-refractivity contribution in [3.05, 3.63) is 23.3 Å². The summed E-state index contributed by atoms with van der Waals surface area (Å²) in [6.07, 6.45) is 0.754. The van der Waals surface area contributed by atoms with E-state index in [0.717, 1.165) is 17.8 Å². The Balaban J connectivity index is 0.00000264. The standard InChI is InChI=1S/C15H24N6O.2ClH/c1-9(2)12(16)6-7-20(5)14(22)13-18-15-17-10(3)8-11(4)21(15)19-13;;/h8-9,12H,6-7,16H2,1-5H3;2*1H. The van der Waals surface area contributed by atoms with E-state index in [4.69, 9.17) is 5.73 Å². The molecule has 7 nitrogen and oxygen atoms in total. The second-order valence-corrected chi connectivity index (χ2v) is 6.11. The number of hydrogen-bond donors (Lipinski definition) is 1. The topological polar surface area (TPSA) is 89.4 Å². The molecular weight excluding hydrogens is 351 g/mol. The first-order valence-electron chi connectivity index (χ1n) is 7.51. The molecule has 2 aromatic rings. The van der Waals surface area contributed by atoms with E-state index in [9.17, 15) is 4.79 Å². The van der Waals surface area contributed by atoms with Crippen LogP contribution in [0.5, 0.6) is 0 Å². The van der Waals surface area contributed by atoms with E-state index in [1.165, 1.54) is 0 Å². The van der Waals surface area contributed by atoms with Gasteiger partial charge in [0.15, 0.2) is 0 Å². The lowest BCUT2D eigenvalue weighted by Gasteiger charge is -2.20. The Hall–Kier alpha value is -1.44. The van der Waals surface area contributed by atoms with E-state index in [-0.39, 0.29) is 42.6 Å². The summed E-state index contributed by atoms with van der Waals surface area (Å²) in [6.45, 7) is 8.54. The van der Waals surface area contributed by atoms with Crippen molar-refractivity contribution >= 4 is 36.5 Å². The van der Waals surface area contributed by atoms with Crippen LogP contribution in [0.15, 0.2) is 6.07 Å². The van der Waals surface area contributed by atoms with E-state index in [1.54, 1.807) is 16.5 Å². The van der Waals surface area contributed by atoms with Gasteiger partial charge in [0, 0.05) is 31.0 Å². The molecule has 136 valence electrons. The lowest BCUT2D eigenvalue weighted by Crippen LogP contribution is -2.35. The van der Waals surface area contributed by atoms with E-state index in [0.29, 0.717) is 18.2 Å². The molecule has 0 bridgehead atoms. The van der Waals surface area contributed by atoms with Crippen molar-refractivity contribution in [3.63, 3.8) is 0 Å². The van der Waals surface area contributed by atoms with Crippen molar-refractivity contribution in [3.8, 4) is 0 Å². The van der Waals surface area contributed by atoms with Gasteiger partial charge in [-0.15, -0.1) is 29.9 Å². The molecule has 0 aliphatic rings. The van der Waals surface area contributed by atoms with E-state index in [1.807, 2.05) is 19.9 Å². The highest BCUT2D eigenvalue weighted by Gasteiger charge is 2.19. The third-order valence-corrected chi connectivity index (χ3v) is 3.81. The zero-order valence-electron chi connectivity index (χ0n) is 14.7. The molecule has 0 saturated carbocycles. The monoisotopic (exact) mass is 376 g/mol. The van der Waals surface area contributed by atoms with Crippen LogP contribution in [0.2, 0.25) is 0 Å². The highest BCUT2D eigenvalue weighted by molar-refractivity contribution is 5.90. The molecular formula is C15H26Cl2N6O. The van der Waals surface area contributed by atoms with Gasteiger partial charge >= 0.3 is 0 Å². The number of nitrogens with zero attached hydrogens (tertiary/aromatic N) is 5. The minimum atomic E-state index is -0.210. The molecule has 24 heavy (non-hydrogen) atoms. The molecule has 2 N–H and O–H groups in total. The van der Waals surface area contributed by atoms with Gasteiger partial charge in [-0.05, 0) is 32.3 Å². The van der Waals surface area contributed by atoms with E-state index >= 15 is 0 Å². The highest BCUT2D eigenvalue weighted by atomic mass is 35.5. The molecule has 0 aromatic carbocycles. The predicted octanol–water partition coefficient (Wildman–Crippen LogP) is 2.03. The average Bonchev–Trinajstić information content (AvgIpc) is 2.87. The molecule has 2 rings (SSSR count). The molecule has 1 atom stereocenters. The van der Waals surface area contributed by atoms with Gasteiger partial charge in [0.25, 0.3) is 11.7 Å². The summed E-state index contributed by atoms with van der Waals surface area (Å²) in [6, 6.07) is 1.98. The van der Waals surface area contributed by atoms with Gasteiger partial charge in [0.2, 0.25) is 5.82 Å². The Morgan fingerprint density at radius 1 is 1.29 bits per heavy atom. The molecule has 0 aliphatic carbocycles. The summed E-state index contributed by atoms with van der Waals surface area (Å²) >= 11 is 0. The Bertz CT molecular complexity index is 688. The van der Waals surface area contributed by atoms with Crippen LogP contribution in [-0.2, 0) is 0 Å². The number of amides is 1. The van der Waals surface area contributed by atoms with Crippen LogP contribution in [0.1, 0.15) is 42.3 Å². The molecule has 2 aromatic heterocycles. The van der Waals surface area contributed by atoms with Crippen LogP contribution in [0.4, 0.5) is 0 Å². The van der Waals surface area contributed by atoms with Crippen molar-refractivity contribution in [1.82, 2.24) is 24.5 Å². The van der Waals surface area contributed by atoms with Crippen molar-refractivity contribution in [1.29, 1.82) is 0 Å². The Morgan fingerprint density at radius 3 is 2.50 bits per heavy atom. The highest BCUT2D eigenvalue weighted by Crippen LogP contribution is 2.08. The van der Waals surface area contributed by atoms with Crippen LogP contribution < -0.4 is 5.73 Å². The largest absolute Gasteiger partial charge is 0.339 e. The van der Waals surface area contributed by atoms with Crippen LogP contribution in [0.25, 0.3) is 5.78 Å². The van der Waals surface area contributed by atoms with Gasteiger partial charge < -0.3 is 10.6 Å². The summed E-state index contributed by atoms with van der Waals surface area (Å²) in [5, 5.41) is 4.26. The van der Waals surface area contributed by atoms with Gasteiger partial charge in [-0.1, -0.05) is 13.8 Å². The van der Waals surface area contributed by atoms with Gasteiger partial charge in [-0.25, -0.2) is 9.50 Å². The minimum Gasteiger partial charge on any atom is -0.339 e. The van der Waals surface area contributed by atoms with Crippen molar-refractivity contribution in [2.24, 2.45) is 11.7 Å². The number of rotatable bonds is 5. The van der Waals surface area contributed by atoms with Crippen LogP contribution in [0.3, 0.4) is 0 Å². The van der Waals surface area contributed by atoms with Crippen molar-refractivity contribution in [2.45, 2.75) is 40.2 Å². The predicted molar refractivity (Wildman–Crippen MR) is 99.1 cm³/mol. The second kappa shape index (κ2) is 9.15. The van der Waals surface area contributed by atoms with E-state index in [2.05, 4.69) is 28.9 Å². The fourth-order valence-corrected chi connectivity index (χ4v) is 2.21. The quantitative estimate of drug-likeness (QED) is 0.861. The summed E-state index contributed by atoms with van der Waals surface area (Å²) in [7, 11) is 1.74. The maximum absolute atomic E-state index is 12.4. The molecule has 2 heterocycles. The minimum absolute atomic E-state index is 0. The number of hydrogen-bond acceptors (Lipinski definition) is 5. The Morgan fingerprint density at radius 2 is 1.92 bits per heavy atom. The van der Waals surface area contributed by atoms with Crippen LogP contribution in [-0.4, -0.2) is 50.0 Å². The lowest BCUT2D eigenvalue weighted by atomic mass is 10.0. The first-order chi connectivity index (χ1) is 10.3. The molecule has 0 fully saturated rings. The molecule has 1 amide bonds. The average molecular weight is 377 g/mol. The van der Waals surface area contributed by atoms with Gasteiger partial charge in [0.05, 0.1) is 0 Å². The number of aryl methyl sites for hydroxylation is 2. The van der Waals surface area contributed by atoms with Gasteiger partial charge in [0.1, 0.15) is 0 Å². The Labute approximate surface area is 154 Å². The molecule has 0 aliphatic heterocycles. The number of aromatic nitrogens is 4. The summed E-state index contributed by atoms with van der Waals surface area (Å²) in [5.74, 6) is 0.806. The Kier molecular flexibility index (Phi) is 8.60. The number of halogens is 2. The first kappa shape index (κ1) is 22.6. The fraction of sp³-hybridized carbons (Fsp3) is 0.600. The van der Waals surface area contributed by atoms with E-state index < -0.39 is 0 Å². The summed E-state index contributed by atoms with van der Waals surface area (Å²) in [5.41, 5.74) is 7.77. The van der Waals surface area contributed by atoms with Crippen LogP contribution in [0, 0.1) is 19.8 Å². The number of carbonyl (C=O) groups is 1. The third-order valence-electron chi connectivity index (χ3n) is 3.81. The smallest absolute Gasteiger partial charge is 0.293 e. The van der Waals surface area contributed by atoms with Gasteiger partial charge in [-0.2, -0.15) is 4.98 Å². The molecule has 9 heteroatoms. The van der Waals surface area contributed by atoms with Crippen molar-refractivity contribution in [2.75, 3.05) is 13.6 Å². The normalized spacial score (nSPS) is 11.8. The third kappa shape index (κ3) is 5.03. The summed E-state index contributed by atoms with van der Waals surface area (Å²) in [4.78, 5) is 22.6. The molecule has 1 unspecified atom stereocenters. The molecule has 0 saturated heterocycles. The zero-order valence-corrected chi connectivity index (χ0v) is 16.3. The molecule has 0 radical (unpaired) electrons. The zero-order chi connectivity index (χ0) is 16.4. The number of carbonyl (C=O) groups excluding carboxylic acids is 1. The first-order valence-corrected chi connectivity index (χ1v) is 7.51. The maximum atomic E-state index is 12.4. The number of nitrogens with two attached hydrogens (primary N) is 1. The second-order valence-electron chi connectivity index (χ2n) is 6.11. The van der Waals surface area contributed by atoms with Crippen LogP contribution >= 0.6 is 24.8 Å². The van der Waals surface area contributed by atoms with Gasteiger partial charge in [-0.3, -0.25) is 4.79 Å². The maximum Gasteiger partial charge on any atom is 0.293 e. The van der Waals surface area contributed by atoms with Crippen molar-refractivity contribution < 1.29 is 4.79 Å². The lowest BCUT2D eigenvalue weighted by molar-refractivity contribution is 0.0777. The fourth-order valence-electron chi connectivity index (χ4n) is 2.21. The molecule has 0 spiro atoms. The summed E-state index contributed by atoms with van der Waals surface area (Å²) < 4.78 is 1.59.